The summed E-state index contributed by atoms with van der Waals surface area (Å²) in [5, 5.41) is 9.32. The van der Waals surface area contributed by atoms with E-state index in [1.807, 2.05) is 6.92 Å². The van der Waals surface area contributed by atoms with Gasteiger partial charge in [0.05, 0.1) is 25.7 Å². The molecule has 0 saturated carbocycles. The number of aliphatic hydroxyl groups excluding tert-OH is 1. The summed E-state index contributed by atoms with van der Waals surface area (Å²) in [4.78, 5) is 10.7. The van der Waals surface area contributed by atoms with Gasteiger partial charge in [-0.25, -0.2) is 0 Å². The fourth-order valence-electron chi connectivity index (χ4n) is 0.794. The zero-order valence-electron chi connectivity index (χ0n) is 7.74. The molecule has 0 aromatic carbocycles. The monoisotopic (exact) mass is 176 g/mol. The molecule has 0 aliphatic carbocycles. The average Bonchev–Trinajstić information content (AvgIpc) is 2.04. The van der Waals surface area contributed by atoms with Crippen molar-refractivity contribution >= 4 is 5.97 Å². The Balaban J connectivity index is 3.69. The fourth-order valence-corrected chi connectivity index (χ4v) is 0.794. The van der Waals surface area contributed by atoms with Gasteiger partial charge in [0, 0.05) is 6.61 Å². The van der Waals surface area contributed by atoms with E-state index in [9.17, 15) is 9.90 Å². The van der Waals surface area contributed by atoms with Gasteiger partial charge < -0.3 is 14.6 Å². The van der Waals surface area contributed by atoms with Crippen LogP contribution >= 0.6 is 0 Å². The largest absolute Gasteiger partial charge is 0.469 e. The molecule has 0 amide bonds. The molecule has 72 valence electrons. The number of hydrogen-bond donors (Lipinski definition) is 1. The number of aliphatic hydroxyl groups is 1. The van der Waals surface area contributed by atoms with E-state index in [1.54, 1.807) is 6.92 Å². The maximum Gasteiger partial charge on any atom is 0.308 e. The van der Waals surface area contributed by atoms with Crippen molar-refractivity contribution in [2.24, 2.45) is 0 Å². The zero-order chi connectivity index (χ0) is 9.56. The van der Waals surface area contributed by atoms with E-state index >= 15 is 0 Å². The minimum Gasteiger partial charge on any atom is -0.469 e. The lowest BCUT2D eigenvalue weighted by Gasteiger charge is -2.17. The van der Waals surface area contributed by atoms with E-state index in [0.29, 0.717) is 6.61 Å². The molecule has 0 aromatic heterocycles. The molecule has 0 heterocycles. The van der Waals surface area contributed by atoms with Crippen LogP contribution in [-0.2, 0) is 14.3 Å². The average molecular weight is 176 g/mol. The summed E-state index contributed by atoms with van der Waals surface area (Å²) < 4.78 is 9.49. The summed E-state index contributed by atoms with van der Waals surface area (Å²) in [6.45, 7) is 4.08. The molecule has 4 nitrogen and oxygen atoms in total. The van der Waals surface area contributed by atoms with Gasteiger partial charge in [-0.15, -0.1) is 0 Å². The van der Waals surface area contributed by atoms with E-state index in [4.69, 9.17) is 4.74 Å². The third-order valence-corrected chi connectivity index (χ3v) is 1.57. The Labute approximate surface area is 72.5 Å². The summed E-state index contributed by atoms with van der Waals surface area (Å²) in [7, 11) is 1.29. The van der Waals surface area contributed by atoms with Crippen LogP contribution in [0.2, 0.25) is 0 Å². The van der Waals surface area contributed by atoms with Gasteiger partial charge in [-0.3, -0.25) is 4.79 Å². The van der Waals surface area contributed by atoms with Crippen LogP contribution in [0.25, 0.3) is 0 Å². The lowest BCUT2D eigenvalue weighted by Crippen LogP contribution is -2.28. The minimum atomic E-state index is -0.780. The molecule has 0 rings (SSSR count). The molecule has 4 heteroatoms. The SMILES string of the molecule is CCOC(C)C(O)CC(=O)OC. The van der Waals surface area contributed by atoms with Gasteiger partial charge in [-0.05, 0) is 13.8 Å². The van der Waals surface area contributed by atoms with Crippen molar-refractivity contribution in [3.05, 3.63) is 0 Å². The van der Waals surface area contributed by atoms with Gasteiger partial charge in [-0.1, -0.05) is 0 Å². The molecule has 0 aliphatic heterocycles. The van der Waals surface area contributed by atoms with Crippen LogP contribution in [0.15, 0.2) is 0 Å². The molecule has 0 aromatic rings. The van der Waals surface area contributed by atoms with Crippen LogP contribution in [-0.4, -0.2) is 37.0 Å². The standard InChI is InChI=1S/C8H16O4/c1-4-12-6(2)7(9)5-8(10)11-3/h6-7,9H,4-5H2,1-3H3. The van der Waals surface area contributed by atoms with Gasteiger partial charge in [0.15, 0.2) is 0 Å². The second-order valence-electron chi connectivity index (χ2n) is 2.51. The predicted molar refractivity (Wildman–Crippen MR) is 43.7 cm³/mol. The first-order valence-corrected chi connectivity index (χ1v) is 3.98. The smallest absolute Gasteiger partial charge is 0.308 e. The molecule has 0 aliphatic rings. The highest BCUT2D eigenvalue weighted by Gasteiger charge is 2.17. The molecule has 12 heavy (non-hydrogen) atoms. The quantitative estimate of drug-likeness (QED) is 0.613. The van der Waals surface area contributed by atoms with Crippen LogP contribution in [0, 0.1) is 0 Å². The maximum atomic E-state index is 10.7. The van der Waals surface area contributed by atoms with Crippen molar-refractivity contribution in [2.45, 2.75) is 32.5 Å². The third kappa shape index (κ3) is 4.31. The van der Waals surface area contributed by atoms with E-state index in [0.717, 1.165) is 0 Å². The van der Waals surface area contributed by atoms with E-state index in [2.05, 4.69) is 4.74 Å². The molecule has 1 N–H and O–H groups in total. The number of ether oxygens (including phenoxy) is 2. The summed E-state index contributed by atoms with van der Waals surface area (Å²) in [6.07, 6.45) is -1.12. The Morgan fingerprint density at radius 1 is 1.58 bits per heavy atom. The first-order valence-electron chi connectivity index (χ1n) is 3.98. The molecule has 2 atom stereocenters. The highest BCUT2D eigenvalue weighted by atomic mass is 16.5. The lowest BCUT2D eigenvalue weighted by molar-refractivity contribution is -0.145. The normalized spacial score (nSPS) is 15.3. The van der Waals surface area contributed by atoms with E-state index in [1.165, 1.54) is 7.11 Å². The van der Waals surface area contributed by atoms with Gasteiger partial charge in [0.2, 0.25) is 0 Å². The van der Waals surface area contributed by atoms with Crippen molar-refractivity contribution in [3.63, 3.8) is 0 Å². The molecule has 0 radical (unpaired) electrons. The van der Waals surface area contributed by atoms with Crippen molar-refractivity contribution in [1.29, 1.82) is 0 Å². The maximum absolute atomic E-state index is 10.7. The predicted octanol–water partition coefficient (Wildman–Crippen LogP) is 0.335. The minimum absolute atomic E-state index is 0.0162. The summed E-state index contributed by atoms with van der Waals surface area (Å²) in [5.41, 5.74) is 0. The topological polar surface area (TPSA) is 55.8 Å². The van der Waals surface area contributed by atoms with E-state index in [-0.39, 0.29) is 12.5 Å². The number of esters is 1. The van der Waals surface area contributed by atoms with Crippen molar-refractivity contribution in [2.75, 3.05) is 13.7 Å². The third-order valence-electron chi connectivity index (χ3n) is 1.57. The van der Waals surface area contributed by atoms with Gasteiger partial charge in [-0.2, -0.15) is 0 Å². The first-order chi connectivity index (χ1) is 5.61. The van der Waals surface area contributed by atoms with E-state index < -0.39 is 12.1 Å². The Bertz CT molecular complexity index is 135. The van der Waals surface area contributed by atoms with Crippen LogP contribution < -0.4 is 0 Å². The number of carbonyl (C=O) groups is 1. The molecular weight excluding hydrogens is 160 g/mol. The van der Waals surface area contributed by atoms with Crippen LogP contribution in [0.5, 0.6) is 0 Å². The second-order valence-corrected chi connectivity index (χ2v) is 2.51. The Kier molecular flexibility index (Phi) is 5.66. The summed E-state index contributed by atoms with van der Waals surface area (Å²) in [6, 6.07) is 0. The number of methoxy groups -OCH3 is 1. The van der Waals surface area contributed by atoms with Crippen LogP contribution in [0.4, 0.5) is 0 Å². The molecule has 0 fully saturated rings. The number of rotatable bonds is 5. The van der Waals surface area contributed by atoms with Gasteiger partial charge >= 0.3 is 5.97 Å². The number of carbonyl (C=O) groups excluding carboxylic acids is 1. The first kappa shape index (κ1) is 11.4. The highest BCUT2D eigenvalue weighted by Crippen LogP contribution is 2.03. The number of hydrogen-bond acceptors (Lipinski definition) is 4. The van der Waals surface area contributed by atoms with Crippen LogP contribution in [0.1, 0.15) is 20.3 Å². The molecule has 2 unspecified atom stereocenters. The lowest BCUT2D eigenvalue weighted by atomic mass is 10.1. The summed E-state index contributed by atoms with van der Waals surface area (Å²) >= 11 is 0. The molecule has 0 saturated heterocycles. The van der Waals surface area contributed by atoms with Crippen molar-refractivity contribution in [1.82, 2.24) is 0 Å². The van der Waals surface area contributed by atoms with Gasteiger partial charge in [0.1, 0.15) is 0 Å². The molecule has 0 spiro atoms. The summed E-state index contributed by atoms with van der Waals surface area (Å²) in [5.74, 6) is -0.422. The molecule has 0 bridgehead atoms. The zero-order valence-corrected chi connectivity index (χ0v) is 7.74. The fraction of sp³-hybridized carbons (Fsp3) is 0.875. The Morgan fingerprint density at radius 2 is 2.17 bits per heavy atom. The van der Waals surface area contributed by atoms with Gasteiger partial charge in [0.25, 0.3) is 0 Å². The highest BCUT2D eigenvalue weighted by molar-refractivity contribution is 5.69. The van der Waals surface area contributed by atoms with Crippen molar-refractivity contribution < 1.29 is 19.4 Å². The molecular formula is C8H16O4. The second kappa shape index (κ2) is 5.97. The Morgan fingerprint density at radius 3 is 2.58 bits per heavy atom. The Hall–Kier alpha value is -0.610. The van der Waals surface area contributed by atoms with Crippen LogP contribution in [0.3, 0.4) is 0 Å². The van der Waals surface area contributed by atoms with Crippen molar-refractivity contribution in [3.8, 4) is 0 Å².